The van der Waals surface area contributed by atoms with Gasteiger partial charge >= 0.3 is 0 Å². The van der Waals surface area contributed by atoms with E-state index < -0.39 is 0 Å². The van der Waals surface area contributed by atoms with Gasteiger partial charge in [-0.15, -0.1) is 0 Å². The summed E-state index contributed by atoms with van der Waals surface area (Å²) in [5, 5.41) is 10.5. The largest absolute Gasteiger partial charge is 0.361 e. The van der Waals surface area contributed by atoms with Gasteiger partial charge in [0.2, 0.25) is 0 Å². The highest BCUT2D eigenvalue weighted by Gasteiger charge is 2.07. The SMILES string of the molecule is C=Cc1ccc(/C=C(\C#N)c2c[nH]c3ccccc23)cc1. The number of rotatable bonds is 3. The number of fused-ring (bicyclic) bond motifs is 1. The highest BCUT2D eigenvalue weighted by molar-refractivity contribution is 6.01. The lowest BCUT2D eigenvalue weighted by molar-refractivity contribution is 1.46. The lowest BCUT2D eigenvalue weighted by Crippen LogP contribution is -1.81. The molecule has 0 aliphatic heterocycles. The predicted molar refractivity (Wildman–Crippen MR) is 88.3 cm³/mol. The third kappa shape index (κ3) is 2.50. The molecular formula is C19H14N2. The Morgan fingerprint density at radius 1 is 1.05 bits per heavy atom. The Morgan fingerprint density at radius 3 is 2.48 bits per heavy atom. The van der Waals surface area contributed by atoms with Gasteiger partial charge in [-0.25, -0.2) is 0 Å². The zero-order valence-electron chi connectivity index (χ0n) is 11.5. The Bertz CT molecular complexity index is 858. The molecule has 2 nitrogen and oxygen atoms in total. The lowest BCUT2D eigenvalue weighted by Gasteiger charge is -1.99. The number of para-hydroxylation sites is 1. The van der Waals surface area contributed by atoms with Crippen molar-refractivity contribution in [2.45, 2.75) is 0 Å². The number of aromatic nitrogens is 1. The minimum Gasteiger partial charge on any atom is -0.361 e. The van der Waals surface area contributed by atoms with E-state index >= 15 is 0 Å². The van der Waals surface area contributed by atoms with E-state index in [4.69, 9.17) is 0 Å². The molecule has 0 bridgehead atoms. The average molecular weight is 270 g/mol. The summed E-state index contributed by atoms with van der Waals surface area (Å²) in [4.78, 5) is 3.20. The quantitative estimate of drug-likeness (QED) is 0.677. The van der Waals surface area contributed by atoms with Crippen LogP contribution in [-0.2, 0) is 0 Å². The van der Waals surface area contributed by atoms with Gasteiger partial charge in [0.1, 0.15) is 0 Å². The van der Waals surface area contributed by atoms with Crippen LogP contribution in [0.25, 0.3) is 28.6 Å². The zero-order valence-corrected chi connectivity index (χ0v) is 11.5. The average Bonchev–Trinajstić information content (AvgIpc) is 2.97. The summed E-state index contributed by atoms with van der Waals surface area (Å²) < 4.78 is 0. The topological polar surface area (TPSA) is 39.6 Å². The highest BCUT2D eigenvalue weighted by Crippen LogP contribution is 2.26. The number of aromatic amines is 1. The van der Waals surface area contributed by atoms with Gasteiger partial charge in [-0.2, -0.15) is 5.26 Å². The Labute approximate surface area is 123 Å². The van der Waals surface area contributed by atoms with Crippen LogP contribution in [-0.4, -0.2) is 4.98 Å². The molecule has 1 aromatic heterocycles. The normalized spacial score (nSPS) is 11.3. The van der Waals surface area contributed by atoms with Crippen molar-refractivity contribution in [3.05, 3.63) is 78.0 Å². The number of H-pyrrole nitrogens is 1. The van der Waals surface area contributed by atoms with Crippen molar-refractivity contribution in [3.8, 4) is 6.07 Å². The first kappa shape index (κ1) is 13.0. The molecule has 0 radical (unpaired) electrons. The summed E-state index contributed by atoms with van der Waals surface area (Å²) in [6.45, 7) is 3.74. The first-order valence-electron chi connectivity index (χ1n) is 6.72. The Balaban J connectivity index is 2.07. The Kier molecular flexibility index (Phi) is 3.41. The van der Waals surface area contributed by atoms with E-state index in [0.717, 1.165) is 27.6 Å². The maximum absolute atomic E-state index is 9.47. The zero-order chi connectivity index (χ0) is 14.7. The van der Waals surface area contributed by atoms with Gasteiger partial charge in [0, 0.05) is 22.7 Å². The predicted octanol–water partition coefficient (Wildman–Crippen LogP) is 4.88. The fourth-order valence-electron chi connectivity index (χ4n) is 2.36. The van der Waals surface area contributed by atoms with Gasteiger partial charge in [0.15, 0.2) is 0 Å². The molecule has 0 aliphatic rings. The molecule has 21 heavy (non-hydrogen) atoms. The molecule has 1 N–H and O–H groups in total. The van der Waals surface area contributed by atoms with Gasteiger partial charge in [0.05, 0.1) is 11.6 Å². The molecule has 100 valence electrons. The monoisotopic (exact) mass is 270 g/mol. The number of hydrogen-bond acceptors (Lipinski definition) is 1. The smallest absolute Gasteiger partial charge is 0.0998 e. The maximum Gasteiger partial charge on any atom is 0.0998 e. The summed E-state index contributed by atoms with van der Waals surface area (Å²) in [5.41, 5.74) is 4.69. The van der Waals surface area contributed by atoms with E-state index in [9.17, 15) is 5.26 Å². The van der Waals surface area contributed by atoms with Crippen molar-refractivity contribution < 1.29 is 0 Å². The van der Waals surface area contributed by atoms with Crippen LogP contribution in [0.2, 0.25) is 0 Å². The molecule has 0 atom stereocenters. The van der Waals surface area contributed by atoms with Gasteiger partial charge in [-0.05, 0) is 23.3 Å². The van der Waals surface area contributed by atoms with E-state index in [2.05, 4.69) is 17.6 Å². The van der Waals surface area contributed by atoms with E-state index in [1.165, 1.54) is 0 Å². The molecule has 0 spiro atoms. The fourth-order valence-corrected chi connectivity index (χ4v) is 2.36. The van der Waals surface area contributed by atoms with E-state index in [0.29, 0.717) is 5.57 Å². The molecule has 1 heterocycles. The first-order valence-corrected chi connectivity index (χ1v) is 6.72. The van der Waals surface area contributed by atoms with Gasteiger partial charge in [-0.3, -0.25) is 0 Å². The van der Waals surface area contributed by atoms with Gasteiger partial charge < -0.3 is 4.98 Å². The second-order valence-electron chi connectivity index (χ2n) is 4.79. The van der Waals surface area contributed by atoms with Crippen LogP contribution in [0.4, 0.5) is 0 Å². The van der Waals surface area contributed by atoms with Gasteiger partial charge in [0.25, 0.3) is 0 Å². The number of nitrogens with zero attached hydrogens (tertiary/aromatic N) is 1. The second kappa shape index (κ2) is 5.52. The van der Waals surface area contributed by atoms with Crippen molar-refractivity contribution >= 4 is 28.6 Å². The van der Waals surface area contributed by atoms with E-state index in [-0.39, 0.29) is 0 Å². The summed E-state index contributed by atoms with van der Waals surface area (Å²) in [5.74, 6) is 0. The summed E-state index contributed by atoms with van der Waals surface area (Å²) in [7, 11) is 0. The number of benzene rings is 2. The van der Waals surface area contributed by atoms with Crippen LogP contribution >= 0.6 is 0 Å². The van der Waals surface area contributed by atoms with E-state index in [1.54, 1.807) is 6.08 Å². The van der Waals surface area contributed by atoms with Crippen LogP contribution in [0.5, 0.6) is 0 Å². The minimum absolute atomic E-state index is 0.652. The first-order chi connectivity index (χ1) is 10.3. The summed E-state index contributed by atoms with van der Waals surface area (Å²) in [6, 6.07) is 18.2. The van der Waals surface area contributed by atoms with Crippen molar-refractivity contribution in [1.82, 2.24) is 4.98 Å². The van der Waals surface area contributed by atoms with Crippen LogP contribution in [0, 0.1) is 11.3 Å². The third-order valence-corrected chi connectivity index (χ3v) is 3.48. The standard InChI is InChI=1S/C19H14N2/c1-2-14-7-9-15(10-8-14)11-16(12-20)18-13-21-19-6-4-3-5-17(18)19/h2-11,13,21H,1H2/b16-11+. The Hall–Kier alpha value is -3.05. The Morgan fingerprint density at radius 2 is 1.76 bits per heavy atom. The van der Waals surface area contributed by atoms with Crippen molar-refractivity contribution in [3.63, 3.8) is 0 Å². The molecule has 0 amide bonds. The lowest BCUT2D eigenvalue weighted by atomic mass is 10.0. The molecule has 0 fully saturated rings. The highest BCUT2D eigenvalue weighted by atomic mass is 14.7. The third-order valence-electron chi connectivity index (χ3n) is 3.48. The van der Waals surface area contributed by atoms with Crippen molar-refractivity contribution in [2.75, 3.05) is 0 Å². The van der Waals surface area contributed by atoms with Crippen LogP contribution in [0.3, 0.4) is 0 Å². The molecule has 2 heteroatoms. The molecule has 0 aliphatic carbocycles. The van der Waals surface area contributed by atoms with Crippen LogP contribution in [0.1, 0.15) is 16.7 Å². The number of nitriles is 1. The number of nitrogens with one attached hydrogen (secondary N) is 1. The fraction of sp³-hybridized carbons (Fsp3) is 0. The maximum atomic E-state index is 9.47. The summed E-state index contributed by atoms with van der Waals surface area (Å²) in [6.07, 6.45) is 5.60. The van der Waals surface area contributed by atoms with Crippen molar-refractivity contribution in [1.29, 1.82) is 5.26 Å². The molecule has 3 rings (SSSR count). The van der Waals surface area contributed by atoms with Crippen LogP contribution < -0.4 is 0 Å². The molecule has 3 aromatic rings. The number of hydrogen-bond donors (Lipinski definition) is 1. The molecule has 0 saturated carbocycles. The van der Waals surface area contributed by atoms with Crippen molar-refractivity contribution in [2.24, 2.45) is 0 Å². The van der Waals surface area contributed by atoms with Crippen LogP contribution in [0.15, 0.2) is 61.3 Å². The molecular weight excluding hydrogens is 256 g/mol. The molecule has 2 aromatic carbocycles. The molecule has 0 saturated heterocycles. The van der Waals surface area contributed by atoms with E-state index in [1.807, 2.05) is 60.8 Å². The summed E-state index contributed by atoms with van der Waals surface area (Å²) >= 11 is 0. The minimum atomic E-state index is 0.652. The number of allylic oxidation sites excluding steroid dienone is 1. The molecule has 0 unspecified atom stereocenters. The second-order valence-corrected chi connectivity index (χ2v) is 4.79. The van der Waals surface area contributed by atoms with Gasteiger partial charge in [-0.1, -0.05) is 55.1 Å².